The van der Waals surface area contributed by atoms with Crippen molar-refractivity contribution in [2.75, 3.05) is 6.54 Å². The van der Waals surface area contributed by atoms with Crippen LogP contribution in [-0.4, -0.2) is 11.5 Å². The lowest BCUT2D eigenvalue weighted by Crippen LogP contribution is -2.19. The lowest BCUT2D eigenvalue weighted by atomic mass is 10.1. The standard InChI is InChI=1S/C12H18N2S/c1-4-6-7-8-11(13-5-2)12-9-14-10(3)15-12/h1,9,11,13H,5-8H2,2-3H3. The van der Waals surface area contributed by atoms with Gasteiger partial charge in [-0.25, -0.2) is 4.98 Å². The van der Waals surface area contributed by atoms with Crippen molar-refractivity contribution < 1.29 is 0 Å². The SMILES string of the molecule is C#CCCCC(NCC)c1cnc(C)s1. The molecule has 0 saturated carbocycles. The second-order valence-corrected chi connectivity index (χ2v) is 4.75. The quantitative estimate of drug-likeness (QED) is 0.591. The summed E-state index contributed by atoms with van der Waals surface area (Å²) in [7, 11) is 0. The van der Waals surface area contributed by atoms with Crippen LogP contribution in [0.3, 0.4) is 0 Å². The van der Waals surface area contributed by atoms with Gasteiger partial charge in [0.1, 0.15) is 0 Å². The van der Waals surface area contributed by atoms with E-state index in [1.54, 1.807) is 11.3 Å². The van der Waals surface area contributed by atoms with Gasteiger partial charge >= 0.3 is 0 Å². The molecule has 0 spiro atoms. The van der Waals surface area contributed by atoms with Crippen molar-refractivity contribution in [3.05, 3.63) is 16.1 Å². The first-order valence-electron chi connectivity index (χ1n) is 5.37. The van der Waals surface area contributed by atoms with Crippen LogP contribution < -0.4 is 5.32 Å². The predicted octanol–water partition coefficient (Wildman–Crippen LogP) is 2.91. The van der Waals surface area contributed by atoms with Gasteiger partial charge in [0.05, 0.1) is 5.01 Å². The Bertz CT molecular complexity index is 325. The molecule has 0 saturated heterocycles. The minimum Gasteiger partial charge on any atom is -0.309 e. The van der Waals surface area contributed by atoms with Gasteiger partial charge < -0.3 is 5.32 Å². The van der Waals surface area contributed by atoms with Crippen LogP contribution in [0.1, 0.15) is 42.1 Å². The van der Waals surface area contributed by atoms with Crippen molar-refractivity contribution in [2.24, 2.45) is 0 Å². The highest BCUT2D eigenvalue weighted by Gasteiger charge is 2.11. The molecule has 0 radical (unpaired) electrons. The summed E-state index contributed by atoms with van der Waals surface area (Å²) in [5, 5.41) is 4.60. The molecule has 0 fully saturated rings. The fourth-order valence-electron chi connectivity index (χ4n) is 1.54. The van der Waals surface area contributed by atoms with Crippen LogP contribution in [0.4, 0.5) is 0 Å². The Hall–Kier alpha value is -0.850. The van der Waals surface area contributed by atoms with Gasteiger partial charge in [-0.1, -0.05) is 6.92 Å². The summed E-state index contributed by atoms with van der Waals surface area (Å²) < 4.78 is 0. The minimum absolute atomic E-state index is 0.426. The number of hydrogen-bond donors (Lipinski definition) is 1. The van der Waals surface area contributed by atoms with Gasteiger partial charge in [0.15, 0.2) is 0 Å². The van der Waals surface area contributed by atoms with Crippen molar-refractivity contribution in [3.63, 3.8) is 0 Å². The number of terminal acetylenes is 1. The lowest BCUT2D eigenvalue weighted by Gasteiger charge is -2.14. The highest BCUT2D eigenvalue weighted by atomic mass is 32.1. The molecule has 1 aromatic rings. The number of thiazole rings is 1. The van der Waals surface area contributed by atoms with Gasteiger partial charge in [-0.15, -0.1) is 23.7 Å². The number of aromatic nitrogens is 1. The highest BCUT2D eigenvalue weighted by Crippen LogP contribution is 2.24. The molecule has 0 aliphatic rings. The third-order valence-corrected chi connectivity index (χ3v) is 3.27. The number of rotatable bonds is 6. The smallest absolute Gasteiger partial charge is 0.0897 e. The van der Waals surface area contributed by atoms with Crippen LogP contribution in [0.25, 0.3) is 0 Å². The maximum absolute atomic E-state index is 5.25. The van der Waals surface area contributed by atoms with Crippen molar-refractivity contribution in [1.29, 1.82) is 0 Å². The second-order valence-electron chi connectivity index (χ2n) is 3.49. The zero-order valence-corrected chi connectivity index (χ0v) is 10.2. The third kappa shape index (κ3) is 4.03. The Morgan fingerprint density at radius 3 is 3.00 bits per heavy atom. The summed E-state index contributed by atoms with van der Waals surface area (Å²) >= 11 is 1.77. The van der Waals surface area contributed by atoms with E-state index in [0.29, 0.717) is 6.04 Å². The Balaban J connectivity index is 2.54. The van der Waals surface area contributed by atoms with Crippen molar-refractivity contribution >= 4 is 11.3 Å². The molecule has 0 amide bonds. The van der Waals surface area contributed by atoms with Gasteiger partial charge in [0.2, 0.25) is 0 Å². The van der Waals surface area contributed by atoms with Gasteiger partial charge in [0.25, 0.3) is 0 Å². The highest BCUT2D eigenvalue weighted by molar-refractivity contribution is 7.11. The van der Waals surface area contributed by atoms with E-state index < -0.39 is 0 Å². The molecule has 1 aromatic heterocycles. The summed E-state index contributed by atoms with van der Waals surface area (Å²) in [6.07, 6.45) is 10.3. The monoisotopic (exact) mass is 222 g/mol. The van der Waals surface area contributed by atoms with Crippen molar-refractivity contribution in [1.82, 2.24) is 10.3 Å². The molecule has 3 heteroatoms. The van der Waals surface area contributed by atoms with Crippen LogP contribution in [0.2, 0.25) is 0 Å². The predicted molar refractivity (Wildman–Crippen MR) is 66.0 cm³/mol. The second kappa shape index (κ2) is 6.60. The lowest BCUT2D eigenvalue weighted by molar-refractivity contribution is 0.508. The van der Waals surface area contributed by atoms with Crippen molar-refractivity contribution in [2.45, 2.75) is 39.2 Å². The van der Waals surface area contributed by atoms with Gasteiger partial charge in [-0.05, 0) is 26.3 Å². The summed E-state index contributed by atoms with van der Waals surface area (Å²) in [5.74, 6) is 2.68. The van der Waals surface area contributed by atoms with E-state index in [-0.39, 0.29) is 0 Å². The topological polar surface area (TPSA) is 24.9 Å². The molecule has 0 aromatic carbocycles. The van der Waals surface area contributed by atoms with Crippen LogP contribution >= 0.6 is 11.3 Å². The summed E-state index contributed by atoms with van der Waals surface area (Å²) in [5.41, 5.74) is 0. The van der Waals surface area contributed by atoms with E-state index in [2.05, 4.69) is 23.1 Å². The normalized spacial score (nSPS) is 12.3. The van der Waals surface area contributed by atoms with E-state index in [0.717, 1.165) is 30.8 Å². The van der Waals surface area contributed by atoms with E-state index >= 15 is 0 Å². The molecular formula is C12H18N2S. The van der Waals surface area contributed by atoms with E-state index in [1.807, 2.05) is 13.1 Å². The fourth-order valence-corrected chi connectivity index (χ4v) is 2.43. The Morgan fingerprint density at radius 1 is 1.67 bits per heavy atom. The molecule has 1 N–H and O–H groups in total. The van der Waals surface area contributed by atoms with Gasteiger partial charge in [-0.3, -0.25) is 0 Å². The molecule has 0 aliphatic heterocycles. The molecule has 1 rings (SSSR count). The van der Waals surface area contributed by atoms with E-state index in [9.17, 15) is 0 Å². The zero-order valence-electron chi connectivity index (χ0n) is 9.42. The average molecular weight is 222 g/mol. The third-order valence-electron chi connectivity index (χ3n) is 2.25. The molecule has 0 bridgehead atoms. The van der Waals surface area contributed by atoms with Crippen LogP contribution in [0.5, 0.6) is 0 Å². The van der Waals surface area contributed by atoms with E-state index in [4.69, 9.17) is 6.42 Å². The molecule has 1 heterocycles. The maximum Gasteiger partial charge on any atom is 0.0897 e. The maximum atomic E-state index is 5.25. The summed E-state index contributed by atoms with van der Waals surface area (Å²) in [6.45, 7) is 5.15. The van der Waals surface area contributed by atoms with Crippen molar-refractivity contribution in [3.8, 4) is 12.3 Å². The summed E-state index contributed by atoms with van der Waals surface area (Å²) in [6, 6.07) is 0.426. The molecule has 2 nitrogen and oxygen atoms in total. The largest absolute Gasteiger partial charge is 0.309 e. The first kappa shape index (κ1) is 12.2. The number of nitrogens with one attached hydrogen (secondary N) is 1. The molecule has 1 atom stereocenters. The number of unbranched alkanes of at least 4 members (excludes halogenated alkanes) is 1. The van der Waals surface area contributed by atoms with Gasteiger partial charge in [0, 0.05) is 23.5 Å². The number of nitrogens with zero attached hydrogens (tertiary/aromatic N) is 1. The Morgan fingerprint density at radius 2 is 2.47 bits per heavy atom. The van der Waals surface area contributed by atoms with Crippen LogP contribution in [0.15, 0.2) is 6.20 Å². The molecule has 1 unspecified atom stereocenters. The molecular weight excluding hydrogens is 204 g/mol. The van der Waals surface area contributed by atoms with E-state index in [1.165, 1.54) is 4.88 Å². The number of hydrogen-bond acceptors (Lipinski definition) is 3. The molecule has 0 aliphatic carbocycles. The number of aryl methyl sites for hydroxylation is 1. The molecule has 82 valence electrons. The Labute approximate surface area is 96.1 Å². The van der Waals surface area contributed by atoms with Crippen LogP contribution in [0, 0.1) is 19.3 Å². The minimum atomic E-state index is 0.426. The van der Waals surface area contributed by atoms with Crippen LogP contribution in [-0.2, 0) is 0 Å². The first-order valence-corrected chi connectivity index (χ1v) is 6.18. The molecule has 15 heavy (non-hydrogen) atoms. The Kier molecular flexibility index (Phi) is 5.38. The summed E-state index contributed by atoms with van der Waals surface area (Å²) in [4.78, 5) is 5.61. The van der Waals surface area contributed by atoms with Gasteiger partial charge in [-0.2, -0.15) is 0 Å². The average Bonchev–Trinajstić information content (AvgIpc) is 2.64. The first-order chi connectivity index (χ1) is 7.27. The fraction of sp³-hybridized carbons (Fsp3) is 0.583. The zero-order chi connectivity index (χ0) is 11.1.